The molecule has 6 rings (SSSR count). The van der Waals surface area contributed by atoms with Crippen molar-refractivity contribution in [2.75, 3.05) is 0 Å². The predicted octanol–water partition coefficient (Wildman–Crippen LogP) is 11.1. The summed E-state index contributed by atoms with van der Waals surface area (Å²) in [5.74, 6) is 0.547. The van der Waals surface area contributed by atoms with Gasteiger partial charge in [0.2, 0.25) is 0 Å². The van der Waals surface area contributed by atoms with Gasteiger partial charge in [0.25, 0.3) is 0 Å². The number of hydrogen-bond donors (Lipinski definition) is 1. The fourth-order valence-corrected chi connectivity index (χ4v) is 6.76. The topological polar surface area (TPSA) is 63.3 Å². The standard InChI is InChI=1S/C29H22NO.C13H24O2.Ir/c1-16(2)21-8-9-23-26-19(6-5-7-22(21)26)15-25-27(23)24-10-11-30-28(29(24)31-25)20-13-17(3)12-18(4)14-20;1-5-10(6-2)12(14)9-13(15)11(7-3)8-4;/h5-13,15H,1-4H3;9-11,14H,5-8H2,1-4H3;/q-1;;/b;12-9-;. The van der Waals surface area contributed by atoms with Crippen LogP contribution in [0.25, 0.3) is 60.3 Å². The number of carbonyl (C=O) groups excluding carboxylic acids is 1. The van der Waals surface area contributed by atoms with E-state index in [0.717, 1.165) is 64.4 Å². The van der Waals surface area contributed by atoms with Gasteiger partial charge in [-0.25, -0.2) is 0 Å². The number of aromatic nitrogens is 1. The minimum Gasteiger partial charge on any atom is -0.512 e. The van der Waals surface area contributed by atoms with Crippen molar-refractivity contribution in [2.45, 2.75) is 81.1 Å². The van der Waals surface area contributed by atoms with E-state index in [9.17, 15) is 9.90 Å². The third-order valence-electron chi connectivity index (χ3n) is 9.28. The quantitative estimate of drug-likeness (QED) is 0.0946. The van der Waals surface area contributed by atoms with Crippen molar-refractivity contribution in [2.24, 2.45) is 11.8 Å². The summed E-state index contributed by atoms with van der Waals surface area (Å²) in [4.78, 5) is 16.4. The molecule has 0 spiro atoms. The molecular weight excluding hydrogens is 759 g/mol. The maximum atomic E-state index is 11.7. The largest absolute Gasteiger partial charge is 0.512 e. The summed E-state index contributed by atoms with van der Waals surface area (Å²) in [7, 11) is 0. The second kappa shape index (κ2) is 15.4. The van der Waals surface area contributed by atoms with Crippen LogP contribution in [-0.4, -0.2) is 15.9 Å². The van der Waals surface area contributed by atoms with E-state index >= 15 is 0 Å². The summed E-state index contributed by atoms with van der Waals surface area (Å²) in [5, 5.41) is 18.4. The number of carbonyl (C=O) groups is 1. The average Bonchev–Trinajstić information content (AvgIpc) is 3.41. The Labute approximate surface area is 292 Å². The summed E-state index contributed by atoms with van der Waals surface area (Å²) >= 11 is 0. The number of rotatable bonds is 8. The van der Waals surface area contributed by atoms with Crippen LogP contribution in [-0.2, 0) is 24.9 Å². The van der Waals surface area contributed by atoms with Gasteiger partial charge in [0, 0.05) is 60.7 Å². The molecule has 0 aliphatic rings. The number of aliphatic hydroxyl groups is 1. The molecule has 5 heteroatoms. The molecule has 0 aliphatic carbocycles. The smallest absolute Gasteiger partial charge is 0.162 e. The van der Waals surface area contributed by atoms with Crippen molar-refractivity contribution in [1.29, 1.82) is 0 Å². The van der Waals surface area contributed by atoms with Gasteiger partial charge in [-0.05, 0) is 78.4 Å². The van der Waals surface area contributed by atoms with Gasteiger partial charge in [0.1, 0.15) is 11.2 Å². The molecule has 4 nitrogen and oxygen atoms in total. The van der Waals surface area contributed by atoms with Gasteiger partial charge in [-0.3, -0.25) is 4.79 Å². The van der Waals surface area contributed by atoms with Crippen molar-refractivity contribution in [1.82, 2.24) is 4.98 Å². The van der Waals surface area contributed by atoms with E-state index < -0.39 is 0 Å². The summed E-state index contributed by atoms with van der Waals surface area (Å²) in [6, 6.07) is 23.0. The van der Waals surface area contributed by atoms with Crippen molar-refractivity contribution in [3.63, 3.8) is 0 Å². The zero-order chi connectivity index (χ0) is 33.1. The Hall–Kier alpha value is -3.79. The van der Waals surface area contributed by atoms with E-state index in [-0.39, 0.29) is 43.5 Å². The molecule has 0 bridgehead atoms. The zero-order valence-electron chi connectivity index (χ0n) is 28.9. The van der Waals surface area contributed by atoms with E-state index in [1.165, 1.54) is 44.0 Å². The van der Waals surface area contributed by atoms with Crippen molar-refractivity contribution in [3.05, 3.63) is 95.0 Å². The molecule has 0 unspecified atom stereocenters. The summed E-state index contributed by atoms with van der Waals surface area (Å²) in [5.41, 5.74) is 7.18. The van der Waals surface area contributed by atoms with Crippen LogP contribution in [0.5, 0.6) is 0 Å². The molecule has 1 N–H and O–H groups in total. The maximum absolute atomic E-state index is 11.7. The molecule has 0 saturated carbocycles. The van der Waals surface area contributed by atoms with Gasteiger partial charge in [-0.15, -0.1) is 34.9 Å². The Balaban J connectivity index is 0.000000269. The Kier molecular flexibility index (Phi) is 11.8. The van der Waals surface area contributed by atoms with Crippen LogP contribution in [0.15, 0.2) is 77.0 Å². The van der Waals surface area contributed by atoms with Gasteiger partial charge < -0.3 is 14.5 Å². The average molecular weight is 805 g/mol. The van der Waals surface area contributed by atoms with Crippen LogP contribution in [0.1, 0.15) is 78.4 Å². The molecular formula is C42H46IrNO3-. The number of hydrogen-bond acceptors (Lipinski definition) is 4. The summed E-state index contributed by atoms with van der Waals surface area (Å²) in [6.45, 7) is 16.6. The van der Waals surface area contributed by atoms with Gasteiger partial charge in [0.15, 0.2) is 5.78 Å². The number of ketones is 1. The predicted molar refractivity (Wildman–Crippen MR) is 194 cm³/mol. The molecule has 2 aromatic heterocycles. The van der Waals surface area contributed by atoms with E-state index in [1.54, 1.807) is 0 Å². The van der Waals surface area contributed by atoms with Crippen LogP contribution in [0, 0.1) is 31.7 Å². The Morgan fingerprint density at radius 2 is 1.57 bits per heavy atom. The van der Waals surface area contributed by atoms with E-state index in [0.29, 0.717) is 0 Å². The fourth-order valence-electron chi connectivity index (χ4n) is 6.76. The molecule has 2 heterocycles. The summed E-state index contributed by atoms with van der Waals surface area (Å²) < 4.78 is 6.48. The third kappa shape index (κ3) is 7.22. The normalized spacial score (nSPS) is 11.8. The number of nitrogens with zero attached hydrogens (tertiary/aromatic N) is 1. The second-order valence-corrected chi connectivity index (χ2v) is 12.7. The molecule has 6 aromatic rings. The first kappa shape index (κ1) is 36.1. The van der Waals surface area contributed by atoms with Gasteiger partial charge in [0.05, 0.1) is 5.76 Å². The number of aliphatic hydroxyl groups excluding tert-OH is 1. The number of pyridine rings is 1. The van der Waals surface area contributed by atoms with Crippen LogP contribution in [0.4, 0.5) is 0 Å². The molecule has 4 aromatic carbocycles. The van der Waals surface area contributed by atoms with E-state index in [4.69, 9.17) is 9.40 Å². The number of fused-ring (bicyclic) bond motifs is 4. The first-order chi connectivity index (χ1) is 22.1. The van der Waals surface area contributed by atoms with Crippen molar-refractivity contribution < 1.29 is 34.4 Å². The molecule has 0 amide bonds. The van der Waals surface area contributed by atoms with Gasteiger partial charge in [-0.2, -0.15) is 0 Å². The van der Waals surface area contributed by atoms with E-state index in [1.807, 2.05) is 33.9 Å². The minimum absolute atomic E-state index is 0. The first-order valence-electron chi connectivity index (χ1n) is 16.7. The van der Waals surface area contributed by atoms with Crippen molar-refractivity contribution >= 4 is 54.8 Å². The van der Waals surface area contributed by atoms with Crippen molar-refractivity contribution in [3.8, 4) is 11.3 Å². The number of benzene rings is 4. The fraction of sp³-hybridized carbons (Fsp3) is 0.333. The molecule has 247 valence electrons. The molecule has 0 saturated heterocycles. The molecule has 1 radical (unpaired) electrons. The number of furan rings is 1. The van der Waals surface area contributed by atoms with Crippen LogP contribution in [0.3, 0.4) is 0 Å². The molecule has 0 aliphatic heterocycles. The van der Waals surface area contributed by atoms with E-state index in [2.05, 4.69) is 88.4 Å². The number of aryl methyl sites for hydroxylation is 2. The monoisotopic (exact) mass is 805 g/mol. The first-order valence-corrected chi connectivity index (χ1v) is 16.7. The van der Waals surface area contributed by atoms with Gasteiger partial charge >= 0.3 is 0 Å². The Bertz CT molecular complexity index is 2110. The molecule has 0 atom stereocenters. The van der Waals surface area contributed by atoms with Crippen LogP contribution < -0.4 is 5.22 Å². The van der Waals surface area contributed by atoms with Crippen LogP contribution >= 0.6 is 0 Å². The third-order valence-corrected chi connectivity index (χ3v) is 9.28. The van der Waals surface area contributed by atoms with Gasteiger partial charge in [-0.1, -0.05) is 77.4 Å². The van der Waals surface area contributed by atoms with Crippen LogP contribution in [0.2, 0.25) is 0 Å². The SMILES string of the molecule is CC(C)=c1ccc2c3c(cccc13)cc1oc3c(-c4[c-]c(C)cc(C)c4)nccc3c12.CCC(CC)C(=O)/C=C(\O)C(CC)CC.[Ir]. The Morgan fingerprint density at radius 1 is 0.872 bits per heavy atom. The zero-order valence-corrected chi connectivity index (χ0v) is 31.3. The Morgan fingerprint density at radius 3 is 2.21 bits per heavy atom. The minimum atomic E-state index is 0. The second-order valence-electron chi connectivity index (χ2n) is 12.7. The molecule has 0 fully saturated rings. The maximum Gasteiger partial charge on any atom is 0.162 e. The number of allylic oxidation sites excluding steroid dienone is 2. The summed E-state index contributed by atoms with van der Waals surface area (Å²) in [6.07, 6.45) is 6.79. The molecule has 47 heavy (non-hydrogen) atoms.